The number of hydrogen-bond donors (Lipinski definition) is 2. The van der Waals surface area contributed by atoms with Gasteiger partial charge in [-0.05, 0) is 191 Å². The molecule has 16 rings (SSSR count). The summed E-state index contributed by atoms with van der Waals surface area (Å²) in [5.74, 6) is -0.432. The number of carbonyl (C=O) groups excluding carboxylic acids is 6. The molecular weight excluding hydrogens is 1220 g/mol. The van der Waals surface area contributed by atoms with Gasteiger partial charge in [0.2, 0.25) is 11.8 Å². The van der Waals surface area contributed by atoms with Crippen molar-refractivity contribution in [2.45, 2.75) is 192 Å². The number of allylic oxidation sites excluding steroid dienone is 2. The first kappa shape index (κ1) is 61.3. The number of piperazine rings is 2. The normalized spacial score (nSPS) is 33.0. The molecule has 21 nitrogen and oxygen atoms in total. The molecule has 86 heavy (non-hydrogen) atoms. The number of fused-ring (bicyclic) bond motifs is 4. The van der Waals surface area contributed by atoms with Gasteiger partial charge in [-0.25, -0.2) is 0 Å². The van der Waals surface area contributed by atoms with Crippen LogP contribution in [0.3, 0.4) is 0 Å². The van der Waals surface area contributed by atoms with Crippen LogP contribution in [0.5, 0.6) is 11.5 Å². The molecule has 12 aliphatic heterocycles. The van der Waals surface area contributed by atoms with E-state index in [0.29, 0.717) is 71.0 Å². The second-order valence-corrected chi connectivity index (χ2v) is 29.5. The average Bonchev–Trinajstić information content (AvgIpc) is 1.11. The number of nitro groups is 2. The van der Waals surface area contributed by atoms with E-state index >= 15 is 0 Å². The van der Waals surface area contributed by atoms with Crippen LogP contribution in [0.15, 0.2) is 52.1 Å². The highest BCUT2D eigenvalue weighted by atomic mass is 127. The largest absolute Gasteiger partial charge is 0.501 e. The number of ketones is 2. The van der Waals surface area contributed by atoms with E-state index in [9.17, 15) is 49.0 Å². The molecule has 0 aromatic heterocycles. The zero-order chi connectivity index (χ0) is 62.7. The summed E-state index contributed by atoms with van der Waals surface area (Å²) in [6.07, 6.45) is 17.1. The molecule has 2 aromatic rings. The maximum Gasteiger partial charge on any atom is 0.501 e. The highest BCUT2D eigenvalue weighted by molar-refractivity contribution is 14.1. The van der Waals surface area contributed by atoms with Gasteiger partial charge in [-0.15, -0.1) is 0 Å². The standard InChI is InChI=1S/C26H27N3O6.C17H22BNO5.C15H17IN2O3.C5H10O/c1-23(2)10-8-15-17(35-23)7-6-14(19(15)29(33)34)16-12-26-18(24(3,4)20(16)30)13-25(21(31)27-26)9-5-11-28(25)22(26)32;1-15(2)10-9-11-13(22-15)8-7-12(14(11)19(20)21)18-23-16(3,4)17(5,6)24-18;1-13(2)9-7-14-4-3-5-18(14)12(21)15(9,17-11(14)20)6-8(16)10(13)19;1-5-3-2-4-6-5/h6-8,10,12,18H,5,9,11,13H2,1-4H3,(H,27,31);7-10H,1-6H3;6,9H,3-5,7H2,1-2H3,(H,17,20);5H,2-4H2,1H3/t18?,25?,26-;;9?,14?,15-;/m1.1./s1. The summed E-state index contributed by atoms with van der Waals surface area (Å²) in [6.45, 7) is 26.8. The van der Waals surface area contributed by atoms with Gasteiger partial charge in [0.05, 0.1) is 52.9 Å². The second-order valence-electron chi connectivity index (χ2n) is 28.3. The Hall–Kier alpha value is -6.31. The van der Waals surface area contributed by atoms with Crippen LogP contribution in [0.4, 0.5) is 11.4 Å². The van der Waals surface area contributed by atoms with Gasteiger partial charge in [0.25, 0.3) is 23.2 Å². The number of piperidine rings is 4. The summed E-state index contributed by atoms with van der Waals surface area (Å²) in [6, 6.07) is 6.55. The monoisotopic (exact) mass is 1290 g/mol. The first-order chi connectivity index (χ1) is 39.9. The third-order valence-corrected chi connectivity index (χ3v) is 21.5. The number of nitro benzene ring substituents is 2. The van der Waals surface area contributed by atoms with E-state index in [2.05, 4.69) is 17.6 Å². The molecule has 4 amide bonds. The van der Waals surface area contributed by atoms with E-state index in [1.165, 1.54) is 25.0 Å². The zero-order valence-corrected chi connectivity index (χ0v) is 53.3. The van der Waals surface area contributed by atoms with Gasteiger partial charge in [0.1, 0.15) is 44.9 Å². The molecular formula is C63H76BIN6O15. The number of halogens is 1. The van der Waals surface area contributed by atoms with Crippen LogP contribution < -0.4 is 25.6 Å². The fourth-order valence-electron chi connectivity index (χ4n) is 15.3. The molecule has 2 N–H and O–H groups in total. The van der Waals surface area contributed by atoms with Crippen molar-refractivity contribution in [2.24, 2.45) is 22.7 Å². The molecule has 458 valence electrons. The Morgan fingerprint density at radius 1 is 0.628 bits per heavy atom. The minimum Gasteiger partial charge on any atom is -0.483 e. The Labute approximate surface area is 514 Å². The number of rotatable bonds is 4. The highest BCUT2D eigenvalue weighted by Gasteiger charge is 2.74. The number of Topliss-reactive ketones (excluding diaryl/α,β-unsaturated/α-hetero) is 2. The van der Waals surface area contributed by atoms with Crippen molar-refractivity contribution < 1.29 is 62.1 Å². The lowest BCUT2D eigenvalue weighted by Gasteiger charge is -2.62. The predicted molar refractivity (Wildman–Crippen MR) is 327 cm³/mol. The van der Waals surface area contributed by atoms with Crippen LogP contribution in [0.2, 0.25) is 0 Å². The number of nitrogens with one attached hydrogen (secondary N) is 2. The first-order valence-corrected chi connectivity index (χ1v) is 30.9. The van der Waals surface area contributed by atoms with Crippen molar-refractivity contribution in [3.63, 3.8) is 0 Å². The molecule has 4 spiro atoms. The second kappa shape index (κ2) is 20.1. The van der Waals surface area contributed by atoms with E-state index < -0.39 is 78.3 Å². The lowest BCUT2D eigenvalue weighted by atomic mass is 9.51. The topological polar surface area (TPSA) is 265 Å². The van der Waals surface area contributed by atoms with Crippen LogP contribution in [-0.4, -0.2) is 132 Å². The summed E-state index contributed by atoms with van der Waals surface area (Å²) < 4.78 is 29.4. The number of nitrogens with zero attached hydrogens (tertiary/aromatic N) is 4. The molecule has 23 heteroatoms. The summed E-state index contributed by atoms with van der Waals surface area (Å²) in [5.41, 5.74) is -6.86. The Bertz CT molecular complexity index is 3490. The number of carbonyl (C=O) groups is 6. The van der Waals surface area contributed by atoms with Crippen molar-refractivity contribution in [2.75, 3.05) is 19.7 Å². The summed E-state index contributed by atoms with van der Waals surface area (Å²) in [4.78, 5) is 106. The van der Waals surface area contributed by atoms with E-state index in [1.54, 1.807) is 66.2 Å². The van der Waals surface area contributed by atoms with Crippen molar-refractivity contribution >= 4 is 99.5 Å². The maximum absolute atomic E-state index is 13.9. The Morgan fingerprint density at radius 2 is 1.09 bits per heavy atom. The van der Waals surface area contributed by atoms with Crippen LogP contribution in [0, 0.1) is 42.9 Å². The Kier molecular flexibility index (Phi) is 14.3. The zero-order valence-electron chi connectivity index (χ0n) is 51.2. The molecule has 12 heterocycles. The summed E-state index contributed by atoms with van der Waals surface area (Å²) in [5, 5.41) is 30.0. The van der Waals surface area contributed by atoms with Gasteiger partial charge in [0.15, 0.2) is 11.6 Å². The minimum absolute atomic E-state index is 0.0226. The maximum atomic E-state index is 13.9. The van der Waals surface area contributed by atoms with Crippen molar-refractivity contribution in [3.05, 3.63) is 89.1 Å². The molecule has 4 bridgehead atoms. The van der Waals surface area contributed by atoms with E-state index in [-0.39, 0.29) is 69.2 Å². The van der Waals surface area contributed by atoms with Gasteiger partial charge in [-0.2, -0.15) is 0 Å². The molecule has 0 radical (unpaired) electrons. The smallest absolute Gasteiger partial charge is 0.483 e. The van der Waals surface area contributed by atoms with Crippen molar-refractivity contribution in [1.82, 2.24) is 20.4 Å². The Morgan fingerprint density at radius 3 is 1.55 bits per heavy atom. The predicted octanol–water partition coefficient (Wildman–Crippen LogP) is 8.45. The molecule has 10 fully saturated rings. The van der Waals surface area contributed by atoms with E-state index in [0.717, 1.165) is 19.4 Å². The van der Waals surface area contributed by atoms with Crippen LogP contribution in [-0.2, 0) is 42.8 Å². The summed E-state index contributed by atoms with van der Waals surface area (Å²) >= 11 is 1.99. The molecule has 2 aliphatic carbocycles. The molecule has 10 saturated heterocycles. The summed E-state index contributed by atoms with van der Waals surface area (Å²) in [7, 11) is -0.788. The molecule has 14 aliphatic rings. The third-order valence-electron chi connectivity index (χ3n) is 20.7. The van der Waals surface area contributed by atoms with Crippen LogP contribution >= 0.6 is 22.6 Å². The van der Waals surface area contributed by atoms with E-state index in [4.69, 9.17) is 23.5 Å². The molecule has 5 unspecified atom stereocenters. The number of amides is 4. The van der Waals surface area contributed by atoms with E-state index in [1.807, 2.05) is 97.9 Å². The lowest BCUT2D eigenvalue weighted by molar-refractivity contribution is -0.385. The first-order valence-electron chi connectivity index (χ1n) is 29.8. The van der Waals surface area contributed by atoms with Crippen molar-refractivity contribution in [3.8, 4) is 11.5 Å². The van der Waals surface area contributed by atoms with Crippen LogP contribution in [0.1, 0.15) is 158 Å². The lowest BCUT2D eigenvalue weighted by Crippen LogP contribution is -2.83. The average molecular weight is 1300 g/mol. The number of benzene rings is 2. The van der Waals surface area contributed by atoms with Crippen LogP contribution in [0.25, 0.3) is 17.7 Å². The fraction of sp³-hybridized carbons (Fsp3) is 0.587. The SMILES string of the molecule is CC1(C)C(=O)C(I)=C[C@]23NC(=O)C4(CCCN4C2=O)CC13.CC1(C)C=Cc2c(ccc(B3OC(C)(C)C(C)(C)O3)c2[N+](=O)[O-])O1.CC1(C)C=Cc2c(ccc(C3=C[C@]45NC(=O)C6(CCCN6C4=O)CC5C(C)(C)C3=O)c2[N+](=O)[O-])O1.CC1CCCO1. The molecule has 0 saturated carbocycles. The van der Waals surface area contributed by atoms with Gasteiger partial charge >= 0.3 is 7.12 Å². The van der Waals surface area contributed by atoms with Gasteiger partial charge in [0, 0.05) is 47.9 Å². The minimum atomic E-state index is -1.41. The number of hydrogen-bond acceptors (Lipinski definition) is 15. The van der Waals surface area contributed by atoms with Gasteiger partial charge in [-0.3, -0.25) is 49.0 Å². The quantitative estimate of drug-likeness (QED) is 0.126. The number of ether oxygens (including phenoxy) is 3. The van der Waals surface area contributed by atoms with Gasteiger partial charge in [-0.1, -0.05) is 33.8 Å². The molecule has 2 aromatic carbocycles. The molecule has 7 atom stereocenters. The fourth-order valence-corrected chi connectivity index (χ4v) is 16.4. The Balaban J connectivity index is 0.000000132. The van der Waals surface area contributed by atoms with Crippen molar-refractivity contribution in [1.29, 1.82) is 0 Å². The highest BCUT2D eigenvalue weighted by Crippen LogP contribution is 2.61. The third kappa shape index (κ3) is 9.13. The van der Waals surface area contributed by atoms with Gasteiger partial charge < -0.3 is 44.0 Å².